The van der Waals surface area contributed by atoms with Crippen molar-refractivity contribution in [1.29, 1.82) is 0 Å². The third kappa shape index (κ3) is 3.36. The smallest absolute Gasteiger partial charge is 0.237 e. The zero-order valence-corrected chi connectivity index (χ0v) is 16.4. The molecule has 146 valence electrons. The number of nitrogens with two attached hydrogens (primary N) is 1. The van der Waals surface area contributed by atoms with Gasteiger partial charge in [0.2, 0.25) is 5.91 Å². The number of nitrogens with zero attached hydrogens (tertiary/aromatic N) is 3. The summed E-state index contributed by atoms with van der Waals surface area (Å²) >= 11 is 1.35. The van der Waals surface area contributed by atoms with Gasteiger partial charge in [-0.1, -0.05) is 48.2 Å². The standard InChI is InChI=1S/C21H20N6OS/c22-20-24-19(15-11-23-16-7-3-2-6-14(15)16)25-21(26-20)29-12-18(28)27-10-9-13-5-1-4-8-17(13)27/h1-8,11,19,23H,9-10,12H2,(H3,22,24,25,26)/t19-/m0/s1. The molecule has 5 rings (SSSR count). The molecule has 2 aromatic carbocycles. The SMILES string of the molecule is NC1=N[C@H](c2c[nH]c3ccccc23)N=C(SCC(=O)N2CCc3ccccc32)N1. The highest BCUT2D eigenvalue weighted by Gasteiger charge is 2.25. The number of hydrogen-bond donors (Lipinski definition) is 3. The maximum Gasteiger partial charge on any atom is 0.237 e. The van der Waals surface area contributed by atoms with Gasteiger partial charge in [0.1, 0.15) is 0 Å². The molecular formula is C21H20N6OS. The number of H-pyrrole nitrogens is 1. The van der Waals surface area contributed by atoms with Crippen LogP contribution in [0, 0.1) is 0 Å². The van der Waals surface area contributed by atoms with Crippen molar-refractivity contribution in [2.75, 3.05) is 17.2 Å². The molecule has 29 heavy (non-hydrogen) atoms. The molecular weight excluding hydrogens is 384 g/mol. The highest BCUT2D eigenvalue weighted by atomic mass is 32.2. The maximum absolute atomic E-state index is 12.8. The average Bonchev–Trinajstić information content (AvgIpc) is 3.36. The second-order valence-electron chi connectivity index (χ2n) is 6.95. The summed E-state index contributed by atoms with van der Waals surface area (Å²) in [6, 6.07) is 16.1. The van der Waals surface area contributed by atoms with E-state index in [1.54, 1.807) is 0 Å². The largest absolute Gasteiger partial charge is 0.370 e. The summed E-state index contributed by atoms with van der Waals surface area (Å²) in [7, 11) is 0. The summed E-state index contributed by atoms with van der Waals surface area (Å²) in [5.41, 5.74) is 10.2. The fraction of sp³-hybridized carbons (Fsp3) is 0.190. The minimum absolute atomic E-state index is 0.0641. The number of fused-ring (bicyclic) bond motifs is 2. The van der Waals surface area contributed by atoms with E-state index in [2.05, 4.69) is 26.4 Å². The van der Waals surface area contributed by atoms with Crippen LogP contribution in [0.5, 0.6) is 0 Å². The van der Waals surface area contributed by atoms with E-state index in [0.717, 1.165) is 35.1 Å². The number of thioether (sulfide) groups is 1. The molecule has 0 saturated heterocycles. The van der Waals surface area contributed by atoms with Crippen molar-refractivity contribution >= 4 is 45.4 Å². The molecule has 3 heterocycles. The van der Waals surface area contributed by atoms with E-state index in [1.807, 2.05) is 53.6 Å². The molecule has 4 N–H and O–H groups in total. The lowest BCUT2D eigenvalue weighted by atomic mass is 10.1. The predicted molar refractivity (Wildman–Crippen MR) is 118 cm³/mol. The van der Waals surface area contributed by atoms with Gasteiger partial charge in [0.05, 0.1) is 5.75 Å². The number of aromatic nitrogens is 1. The number of hydrogen-bond acceptors (Lipinski definition) is 6. The van der Waals surface area contributed by atoms with E-state index in [4.69, 9.17) is 5.73 Å². The first-order valence-corrected chi connectivity index (χ1v) is 10.4. The Hall–Kier alpha value is -3.26. The number of amides is 1. The first kappa shape index (κ1) is 17.8. The summed E-state index contributed by atoms with van der Waals surface area (Å²) in [5, 5.41) is 4.65. The molecule has 0 spiro atoms. The number of aliphatic imine (C=N–C) groups is 2. The minimum atomic E-state index is -0.433. The van der Waals surface area contributed by atoms with Crippen molar-refractivity contribution in [3.05, 3.63) is 65.9 Å². The molecule has 0 saturated carbocycles. The molecule has 0 fully saturated rings. The van der Waals surface area contributed by atoms with Gasteiger partial charge in [0, 0.05) is 34.9 Å². The molecule has 0 aliphatic carbocycles. The molecule has 0 unspecified atom stereocenters. The number of aromatic amines is 1. The minimum Gasteiger partial charge on any atom is -0.370 e. The lowest BCUT2D eigenvalue weighted by Crippen LogP contribution is -2.39. The van der Waals surface area contributed by atoms with Crippen LogP contribution in [0.3, 0.4) is 0 Å². The molecule has 1 amide bonds. The van der Waals surface area contributed by atoms with Crippen LogP contribution in [-0.2, 0) is 11.2 Å². The summed E-state index contributed by atoms with van der Waals surface area (Å²) in [6.07, 6.45) is 2.38. The Labute approximate surface area is 172 Å². The Bertz CT molecular complexity index is 1150. The van der Waals surface area contributed by atoms with Crippen molar-refractivity contribution in [1.82, 2.24) is 10.3 Å². The molecule has 2 aliphatic rings. The topological polar surface area (TPSA) is 98.9 Å². The van der Waals surface area contributed by atoms with E-state index < -0.39 is 6.17 Å². The molecule has 7 nitrogen and oxygen atoms in total. The second-order valence-corrected chi connectivity index (χ2v) is 7.91. The van der Waals surface area contributed by atoms with E-state index in [0.29, 0.717) is 11.1 Å². The molecule has 8 heteroatoms. The monoisotopic (exact) mass is 404 g/mol. The molecule has 0 bridgehead atoms. The van der Waals surface area contributed by atoms with Crippen LogP contribution in [-0.4, -0.2) is 34.3 Å². The van der Waals surface area contributed by atoms with Gasteiger partial charge in [0.15, 0.2) is 17.3 Å². The summed E-state index contributed by atoms with van der Waals surface area (Å²) in [5.74, 6) is 0.652. The van der Waals surface area contributed by atoms with E-state index in [9.17, 15) is 4.79 Å². The molecule has 2 aliphatic heterocycles. The van der Waals surface area contributed by atoms with Gasteiger partial charge in [-0.05, 0) is 24.1 Å². The van der Waals surface area contributed by atoms with Crippen LogP contribution in [0.4, 0.5) is 5.69 Å². The number of guanidine groups is 1. The molecule has 1 atom stereocenters. The zero-order chi connectivity index (χ0) is 19.8. The van der Waals surface area contributed by atoms with Crippen molar-refractivity contribution < 1.29 is 4.79 Å². The number of carbonyl (C=O) groups excluding carboxylic acids is 1. The molecule has 1 aromatic heterocycles. The Morgan fingerprint density at radius 3 is 2.93 bits per heavy atom. The summed E-state index contributed by atoms with van der Waals surface area (Å²) in [6.45, 7) is 0.722. The number of benzene rings is 2. The number of anilines is 1. The van der Waals surface area contributed by atoms with Crippen LogP contribution in [0.25, 0.3) is 10.9 Å². The predicted octanol–water partition coefficient (Wildman–Crippen LogP) is 2.76. The van der Waals surface area contributed by atoms with E-state index in [1.165, 1.54) is 17.3 Å². The second kappa shape index (κ2) is 7.29. The highest BCUT2D eigenvalue weighted by Crippen LogP contribution is 2.30. The number of nitrogens with one attached hydrogen (secondary N) is 2. The zero-order valence-electron chi connectivity index (χ0n) is 15.6. The Morgan fingerprint density at radius 2 is 2.00 bits per heavy atom. The third-order valence-electron chi connectivity index (χ3n) is 5.16. The van der Waals surface area contributed by atoms with Crippen LogP contribution in [0.1, 0.15) is 17.3 Å². The average molecular weight is 404 g/mol. The first-order chi connectivity index (χ1) is 14.2. The number of carbonyl (C=O) groups is 1. The molecule has 3 aromatic rings. The van der Waals surface area contributed by atoms with E-state index >= 15 is 0 Å². The normalized spacial score (nSPS) is 18.2. The van der Waals surface area contributed by atoms with Crippen molar-refractivity contribution in [2.24, 2.45) is 15.7 Å². The lowest BCUT2D eigenvalue weighted by Gasteiger charge is -2.20. The summed E-state index contributed by atoms with van der Waals surface area (Å²) < 4.78 is 0. The van der Waals surface area contributed by atoms with Crippen molar-refractivity contribution in [2.45, 2.75) is 12.6 Å². The van der Waals surface area contributed by atoms with Gasteiger partial charge < -0.3 is 20.9 Å². The third-order valence-corrected chi connectivity index (χ3v) is 6.03. The van der Waals surface area contributed by atoms with Gasteiger partial charge in [-0.2, -0.15) is 0 Å². The summed E-state index contributed by atoms with van der Waals surface area (Å²) in [4.78, 5) is 27.0. The van der Waals surface area contributed by atoms with Crippen molar-refractivity contribution in [3.63, 3.8) is 0 Å². The number of amidine groups is 1. The highest BCUT2D eigenvalue weighted by molar-refractivity contribution is 8.14. The van der Waals surface area contributed by atoms with Gasteiger partial charge in [-0.15, -0.1) is 0 Å². The Kier molecular flexibility index (Phi) is 4.48. The first-order valence-electron chi connectivity index (χ1n) is 9.44. The lowest BCUT2D eigenvalue weighted by molar-refractivity contribution is -0.116. The number of rotatable bonds is 3. The van der Waals surface area contributed by atoms with Crippen LogP contribution >= 0.6 is 11.8 Å². The van der Waals surface area contributed by atoms with Crippen LogP contribution in [0.2, 0.25) is 0 Å². The van der Waals surface area contributed by atoms with Gasteiger partial charge in [-0.3, -0.25) is 4.79 Å². The fourth-order valence-corrected chi connectivity index (χ4v) is 4.54. The van der Waals surface area contributed by atoms with Gasteiger partial charge in [0.25, 0.3) is 0 Å². The van der Waals surface area contributed by atoms with Crippen molar-refractivity contribution in [3.8, 4) is 0 Å². The maximum atomic E-state index is 12.8. The number of para-hydroxylation sites is 2. The fourth-order valence-electron chi connectivity index (χ4n) is 3.77. The quantitative estimate of drug-likeness (QED) is 0.625. The van der Waals surface area contributed by atoms with Crippen LogP contribution < -0.4 is 16.0 Å². The van der Waals surface area contributed by atoms with Gasteiger partial charge >= 0.3 is 0 Å². The Morgan fingerprint density at radius 1 is 1.17 bits per heavy atom. The Balaban J connectivity index is 1.32. The molecule has 0 radical (unpaired) electrons. The van der Waals surface area contributed by atoms with E-state index in [-0.39, 0.29) is 11.7 Å². The van der Waals surface area contributed by atoms with Crippen LogP contribution in [0.15, 0.2) is 64.7 Å². The van der Waals surface area contributed by atoms with Gasteiger partial charge in [-0.25, -0.2) is 9.98 Å².